The minimum Gasteiger partial charge on any atom is -0.478 e. The zero-order valence-corrected chi connectivity index (χ0v) is 11.8. The highest BCUT2D eigenvalue weighted by Crippen LogP contribution is 2.17. The molecular weight excluding hydrogens is 274 g/mol. The molecule has 0 saturated carbocycles. The van der Waals surface area contributed by atoms with Crippen LogP contribution in [0.3, 0.4) is 0 Å². The molecule has 1 heterocycles. The number of carboxylic acids is 1. The molecule has 1 saturated heterocycles. The van der Waals surface area contributed by atoms with Crippen LogP contribution in [0.5, 0.6) is 0 Å². The van der Waals surface area contributed by atoms with E-state index in [4.69, 9.17) is 5.11 Å². The molecule has 0 aromatic heterocycles. The van der Waals surface area contributed by atoms with E-state index in [0.29, 0.717) is 13.0 Å². The molecule has 112 valence electrons. The van der Waals surface area contributed by atoms with E-state index in [1.807, 2.05) is 0 Å². The average molecular weight is 291 g/mol. The molecule has 1 fully saturated rings. The molecule has 1 aliphatic rings. The fourth-order valence-electron chi connectivity index (χ4n) is 2.22. The highest BCUT2D eigenvalue weighted by molar-refractivity contribution is 6.01. The van der Waals surface area contributed by atoms with Gasteiger partial charge in [0.1, 0.15) is 6.04 Å². The average Bonchev–Trinajstić information content (AvgIpc) is 2.72. The van der Waals surface area contributed by atoms with Gasteiger partial charge < -0.3 is 20.6 Å². The Kier molecular flexibility index (Phi) is 4.11. The fourth-order valence-corrected chi connectivity index (χ4v) is 2.22. The topological polar surface area (TPSA) is 98.7 Å². The van der Waals surface area contributed by atoms with Gasteiger partial charge in [0.15, 0.2) is 0 Å². The maximum Gasteiger partial charge on any atom is 0.337 e. The number of hydrogen-bond acceptors (Lipinski definition) is 3. The summed E-state index contributed by atoms with van der Waals surface area (Å²) in [6, 6.07) is 3.56. The van der Waals surface area contributed by atoms with Gasteiger partial charge in [0.25, 0.3) is 0 Å². The van der Waals surface area contributed by atoms with Gasteiger partial charge in [-0.3, -0.25) is 4.79 Å². The van der Waals surface area contributed by atoms with Gasteiger partial charge >= 0.3 is 12.0 Å². The third-order valence-electron chi connectivity index (χ3n) is 3.39. The molecule has 2 rings (SSSR count). The van der Waals surface area contributed by atoms with Gasteiger partial charge in [-0.2, -0.15) is 0 Å². The van der Waals surface area contributed by atoms with Gasteiger partial charge in [0, 0.05) is 13.6 Å². The van der Waals surface area contributed by atoms with Crippen molar-refractivity contribution in [3.63, 3.8) is 0 Å². The maximum atomic E-state index is 11.9. The summed E-state index contributed by atoms with van der Waals surface area (Å²) in [5, 5.41) is 14.2. The Labute approximate surface area is 121 Å². The Morgan fingerprint density at radius 1 is 1.38 bits per heavy atom. The summed E-state index contributed by atoms with van der Waals surface area (Å²) in [7, 11) is 1.67. The van der Waals surface area contributed by atoms with Crippen LogP contribution in [0.2, 0.25) is 0 Å². The monoisotopic (exact) mass is 291 g/mol. The number of likely N-dealkylation sites (tertiary alicyclic amines) is 1. The predicted octanol–water partition coefficient (Wildman–Crippen LogP) is 1.05. The molecular formula is C14H17N3O4. The molecule has 1 aromatic rings. The highest BCUT2D eigenvalue weighted by atomic mass is 16.4. The maximum absolute atomic E-state index is 11.9. The van der Waals surface area contributed by atoms with E-state index in [1.165, 1.54) is 12.1 Å². The standard InChI is InChI=1S/C14H17N3O4/c1-8-3-4-10(9(7-8)13(19)20)15-14(21)16-11-5-6-17(2)12(11)18/h3-4,7,11H,5-6H2,1-2H3,(H,19,20)(H2,15,16,21). The van der Waals surface area contributed by atoms with Crippen LogP contribution in [0.1, 0.15) is 22.3 Å². The molecule has 0 spiro atoms. The minimum atomic E-state index is -1.12. The summed E-state index contributed by atoms with van der Waals surface area (Å²) in [6.45, 7) is 2.36. The van der Waals surface area contributed by atoms with Gasteiger partial charge in [-0.15, -0.1) is 0 Å². The zero-order valence-electron chi connectivity index (χ0n) is 11.8. The molecule has 7 heteroatoms. The van der Waals surface area contributed by atoms with Crippen molar-refractivity contribution in [1.29, 1.82) is 0 Å². The normalized spacial score (nSPS) is 17.7. The first-order valence-corrected chi connectivity index (χ1v) is 6.55. The highest BCUT2D eigenvalue weighted by Gasteiger charge is 2.30. The fraction of sp³-hybridized carbons (Fsp3) is 0.357. The van der Waals surface area contributed by atoms with E-state index in [-0.39, 0.29) is 17.2 Å². The third-order valence-corrected chi connectivity index (χ3v) is 3.39. The van der Waals surface area contributed by atoms with Crippen LogP contribution in [0.4, 0.5) is 10.5 Å². The SMILES string of the molecule is Cc1ccc(NC(=O)NC2CCN(C)C2=O)c(C(=O)O)c1. The lowest BCUT2D eigenvalue weighted by atomic mass is 10.1. The molecule has 0 bridgehead atoms. The smallest absolute Gasteiger partial charge is 0.337 e. The third kappa shape index (κ3) is 3.31. The molecule has 1 unspecified atom stereocenters. The largest absolute Gasteiger partial charge is 0.478 e. The first kappa shape index (κ1) is 14.8. The van der Waals surface area contributed by atoms with E-state index >= 15 is 0 Å². The molecule has 1 aliphatic heterocycles. The molecule has 3 N–H and O–H groups in total. The molecule has 0 aliphatic carbocycles. The summed E-state index contributed by atoms with van der Waals surface area (Å²) >= 11 is 0. The van der Waals surface area contributed by atoms with Crippen LogP contribution in [0, 0.1) is 6.92 Å². The first-order valence-electron chi connectivity index (χ1n) is 6.55. The number of aromatic carboxylic acids is 1. The van der Waals surface area contributed by atoms with Crippen molar-refractivity contribution >= 4 is 23.6 Å². The van der Waals surface area contributed by atoms with Crippen LogP contribution in [-0.2, 0) is 4.79 Å². The van der Waals surface area contributed by atoms with Gasteiger partial charge in [0.05, 0.1) is 11.3 Å². The second-order valence-electron chi connectivity index (χ2n) is 5.05. The summed E-state index contributed by atoms with van der Waals surface area (Å²) in [4.78, 5) is 36.3. The van der Waals surface area contributed by atoms with Gasteiger partial charge in [-0.1, -0.05) is 11.6 Å². The number of nitrogens with zero attached hydrogens (tertiary/aromatic N) is 1. The number of anilines is 1. The van der Waals surface area contributed by atoms with Crippen LogP contribution >= 0.6 is 0 Å². The van der Waals surface area contributed by atoms with E-state index in [0.717, 1.165) is 5.56 Å². The van der Waals surface area contributed by atoms with Crippen molar-refractivity contribution in [2.45, 2.75) is 19.4 Å². The molecule has 3 amide bonds. The van der Waals surface area contributed by atoms with Gasteiger partial charge in [-0.25, -0.2) is 9.59 Å². The summed E-state index contributed by atoms with van der Waals surface area (Å²) < 4.78 is 0. The number of urea groups is 1. The number of benzene rings is 1. The summed E-state index contributed by atoms with van der Waals surface area (Å²) in [5.41, 5.74) is 0.996. The number of carboxylic acid groups (broad SMARTS) is 1. The number of amides is 3. The first-order chi connectivity index (χ1) is 9.88. The Morgan fingerprint density at radius 2 is 2.10 bits per heavy atom. The lowest BCUT2D eigenvalue weighted by molar-refractivity contribution is -0.128. The number of likely N-dealkylation sites (N-methyl/N-ethyl adjacent to an activating group) is 1. The number of aryl methyl sites for hydroxylation is 1. The molecule has 1 aromatic carbocycles. The van der Waals surface area contributed by atoms with Crippen LogP contribution in [-0.4, -0.2) is 47.5 Å². The number of carbonyl (C=O) groups excluding carboxylic acids is 2. The lowest BCUT2D eigenvalue weighted by Crippen LogP contribution is -2.42. The number of hydrogen-bond donors (Lipinski definition) is 3. The number of carbonyl (C=O) groups is 3. The second-order valence-corrected chi connectivity index (χ2v) is 5.05. The summed E-state index contributed by atoms with van der Waals surface area (Å²) in [6.07, 6.45) is 0.544. The zero-order chi connectivity index (χ0) is 15.6. The van der Waals surface area contributed by atoms with Gasteiger partial charge in [-0.05, 0) is 25.5 Å². The van der Waals surface area contributed by atoms with Crippen molar-refractivity contribution < 1.29 is 19.5 Å². The van der Waals surface area contributed by atoms with E-state index in [2.05, 4.69) is 10.6 Å². The van der Waals surface area contributed by atoms with Crippen molar-refractivity contribution in [2.24, 2.45) is 0 Å². The Hall–Kier alpha value is -2.57. The van der Waals surface area contributed by atoms with Crippen molar-refractivity contribution in [3.8, 4) is 0 Å². The Morgan fingerprint density at radius 3 is 2.67 bits per heavy atom. The van der Waals surface area contributed by atoms with Crippen molar-refractivity contribution in [3.05, 3.63) is 29.3 Å². The van der Waals surface area contributed by atoms with Crippen LogP contribution in [0.15, 0.2) is 18.2 Å². The Balaban J connectivity index is 2.06. The van der Waals surface area contributed by atoms with Crippen LogP contribution < -0.4 is 10.6 Å². The van der Waals surface area contributed by atoms with Crippen molar-refractivity contribution in [2.75, 3.05) is 18.9 Å². The predicted molar refractivity (Wildman–Crippen MR) is 76.3 cm³/mol. The molecule has 0 radical (unpaired) electrons. The van der Waals surface area contributed by atoms with Gasteiger partial charge in [0.2, 0.25) is 5.91 Å². The van der Waals surface area contributed by atoms with Crippen molar-refractivity contribution in [1.82, 2.24) is 10.2 Å². The van der Waals surface area contributed by atoms with E-state index in [1.54, 1.807) is 24.9 Å². The van der Waals surface area contributed by atoms with E-state index in [9.17, 15) is 14.4 Å². The summed E-state index contributed by atoms with van der Waals surface area (Å²) in [5.74, 6) is -1.27. The number of nitrogens with one attached hydrogen (secondary N) is 2. The lowest BCUT2D eigenvalue weighted by Gasteiger charge is -2.14. The second kappa shape index (κ2) is 5.82. The Bertz CT molecular complexity index is 600. The van der Waals surface area contributed by atoms with E-state index < -0.39 is 18.0 Å². The minimum absolute atomic E-state index is 0.0139. The number of rotatable bonds is 3. The molecule has 7 nitrogen and oxygen atoms in total. The quantitative estimate of drug-likeness (QED) is 0.775. The molecule has 1 atom stereocenters. The molecule has 21 heavy (non-hydrogen) atoms. The van der Waals surface area contributed by atoms with Crippen LogP contribution in [0.25, 0.3) is 0 Å².